The van der Waals surface area contributed by atoms with Crippen molar-refractivity contribution in [2.24, 2.45) is 5.73 Å². The molecule has 0 aliphatic carbocycles. The molecule has 0 saturated heterocycles. The highest BCUT2D eigenvalue weighted by atomic mass is 19.1. The summed E-state index contributed by atoms with van der Waals surface area (Å²) >= 11 is 0. The van der Waals surface area contributed by atoms with Gasteiger partial charge < -0.3 is 11.5 Å². The van der Waals surface area contributed by atoms with Crippen LogP contribution in [-0.4, -0.2) is 0 Å². The maximum absolute atomic E-state index is 13.3. The van der Waals surface area contributed by atoms with Gasteiger partial charge in [0.2, 0.25) is 0 Å². The Morgan fingerprint density at radius 2 is 2.00 bits per heavy atom. The molecular weight excluding hydrogens is 155 g/mol. The van der Waals surface area contributed by atoms with Crippen molar-refractivity contribution in [1.29, 1.82) is 0 Å². The third-order valence-corrected chi connectivity index (χ3v) is 1.80. The molecule has 1 aromatic rings. The first kappa shape index (κ1) is 9.00. The smallest absolute Gasteiger partial charge is 0.131 e. The van der Waals surface area contributed by atoms with Crippen LogP contribution in [-0.2, 0) is 0 Å². The number of hydrogen-bond acceptors (Lipinski definition) is 2. The normalized spacial score (nSPS) is 13.0. The van der Waals surface area contributed by atoms with E-state index in [2.05, 4.69) is 0 Å². The van der Waals surface area contributed by atoms with Crippen molar-refractivity contribution < 1.29 is 4.39 Å². The predicted molar refractivity (Wildman–Crippen MR) is 48.2 cm³/mol. The monoisotopic (exact) mass is 168 g/mol. The van der Waals surface area contributed by atoms with E-state index in [1.165, 1.54) is 0 Å². The highest BCUT2D eigenvalue weighted by Crippen LogP contribution is 2.21. The lowest BCUT2D eigenvalue weighted by molar-refractivity contribution is 0.586. The van der Waals surface area contributed by atoms with Gasteiger partial charge in [-0.2, -0.15) is 0 Å². The van der Waals surface area contributed by atoms with Gasteiger partial charge in [0.15, 0.2) is 0 Å². The molecule has 0 bridgehead atoms. The summed E-state index contributed by atoms with van der Waals surface area (Å²) < 4.78 is 13.3. The summed E-state index contributed by atoms with van der Waals surface area (Å²) in [6.07, 6.45) is 0. The minimum absolute atomic E-state index is 0.251. The van der Waals surface area contributed by atoms with Crippen molar-refractivity contribution in [2.45, 2.75) is 19.9 Å². The average molecular weight is 168 g/mol. The van der Waals surface area contributed by atoms with Crippen molar-refractivity contribution in [3.8, 4) is 0 Å². The molecule has 0 amide bonds. The Morgan fingerprint density at radius 3 is 2.50 bits per heavy atom. The van der Waals surface area contributed by atoms with Crippen molar-refractivity contribution in [2.75, 3.05) is 5.73 Å². The lowest BCUT2D eigenvalue weighted by Crippen LogP contribution is -2.09. The van der Waals surface area contributed by atoms with Gasteiger partial charge in [0.05, 0.1) is 0 Å². The molecule has 0 spiro atoms. The van der Waals surface area contributed by atoms with Crippen LogP contribution in [0.25, 0.3) is 0 Å². The Bertz CT molecular complexity index is 295. The molecule has 0 aromatic heterocycles. The van der Waals surface area contributed by atoms with Gasteiger partial charge in [-0.1, -0.05) is 0 Å². The molecule has 1 atom stereocenters. The van der Waals surface area contributed by atoms with Gasteiger partial charge in [-0.15, -0.1) is 0 Å². The van der Waals surface area contributed by atoms with Gasteiger partial charge in [0.25, 0.3) is 0 Å². The number of nitrogen functional groups attached to an aromatic ring is 1. The molecule has 66 valence electrons. The van der Waals surface area contributed by atoms with Crippen molar-refractivity contribution in [3.05, 3.63) is 29.1 Å². The molecule has 12 heavy (non-hydrogen) atoms. The second kappa shape index (κ2) is 3.11. The summed E-state index contributed by atoms with van der Waals surface area (Å²) in [6, 6.07) is 2.86. The van der Waals surface area contributed by atoms with Crippen molar-refractivity contribution in [1.82, 2.24) is 0 Å². The van der Waals surface area contributed by atoms with Gasteiger partial charge in [-0.25, -0.2) is 4.39 Å². The van der Waals surface area contributed by atoms with Crippen LogP contribution in [0.3, 0.4) is 0 Å². The van der Waals surface area contributed by atoms with Gasteiger partial charge in [-0.05, 0) is 31.5 Å². The molecule has 0 aliphatic heterocycles. The number of nitrogens with two attached hydrogens (primary N) is 2. The zero-order valence-corrected chi connectivity index (χ0v) is 7.26. The number of benzene rings is 1. The zero-order valence-electron chi connectivity index (χ0n) is 7.26. The summed E-state index contributed by atoms with van der Waals surface area (Å²) in [5.74, 6) is -0.251. The van der Waals surface area contributed by atoms with Crippen molar-refractivity contribution >= 4 is 5.69 Å². The topological polar surface area (TPSA) is 52.0 Å². The highest BCUT2D eigenvalue weighted by Gasteiger charge is 2.09. The molecule has 3 heteroatoms. The molecule has 2 nitrogen and oxygen atoms in total. The van der Waals surface area contributed by atoms with E-state index >= 15 is 0 Å². The van der Waals surface area contributed by atoms with Crippen LogP contribution in [0, 0.1) is 12.7 Å². The van der Waals surface area contributed by atoms with Gasteiger partial charge in [-0.3, -0.25) is 0 Å². The Labute approximate surface area is 71.4 Å². The van der Waals surface area contributed by atoms with Crippen LogP contribution < -0.4 is 11.5 Å². The number of halogens is 1. The van der Waals surface area contributed by atoms with E-state index in [0.717, 1.165) is 0 Å². The fourth-order valence-corrected chi connectivity index (χ4v) is 1.16. The number of aryl methyl sites for hydroxylation is 1. The first-order valence-electron chi connectivity index (χ1n) is 3.83. The molecule has 1 aromatic carbocycles. The Balaban J connectivity index is 3.28. The zero-order chi connectivity index (χ0) is 9.30. The third kappa shape index (κ3) is 1.56. The summed E-state index contributed by atoms with van der Waals surface area (Å²) in [5, 5.41) is 0. The third-order valence-electron chi connectivity index (χ3n) is 1.80. The fraction of sp³-hybridized carbons (Fsp3) is 0.333. The standard InChI is InChI=1S/C9H13FN2/c1-5-3-7(12)4-8(6(2)11)9(5)10/h3-4,6H,11-12H2,1-2H3. The van der Waals surface area contributed by atoms with E-state index in [0.29, 0.717) is 16.8 Å². The van der Waals surface area contributed by atoms with Crippen LogP contribution in [0.15, 0.2) is 12.1 Å². The van der Waals surface area contributed by atoms with E-state index in [1.54, 1.807) is 26.0 Å². The van der Waals surface area contributed by atoms with Crippen LogP contribution in [0.2, 0.25) is 0 Å². The molecule has 4 N–H and O–H groups in total. The largest absolute Gasteiger partial charge is 0.399 e. The molecule has 0 saturated carbocycles. The lowest BCUT2D eigenvalue weighted by Gasteiger charge is -2.09. The fourth-order valence-electron chi connectivity index (χ4n) is 1.16. The van der Waals surface area contributed by atoms with E-state index in [-0.39, 0.29) is 11.9 Å². The van der Waals surface area contributed by atoms with E-state index in [4.69, 9.17) is 11.5 Å². The maximum Gasteiger partial charge on any atom is 0.131 e. The molecule has 0 fully saturated rings. The van der Waals surface area contributed by atoms with Crippen LogP contribution in [0.5, 0.6) is 0 Å². The number of rotatable bonds is 1. The van der Waals surface area contributed by atoms with Crippen molar-refractivity contribution in [3.63, 3.8) is 0 Å². The van der Waals surface area contributed by atoms with Crippen LogP contribution in [0.4, 0.5) is 10.1 Å². The minimum atomic E-state index is -0.313. The highest BCUT2D eigenvalue weighted by molar-refractivity contribution is 5.46. The molecule has 0 radical (unpaired) electrons. The SMILES string of the molecule is Cc1cc(N)cc(C(C)N)c1F. The minimum Gasteiger partial charge on any atom is -0.399 e. The summed E-state index contributed by atoms with van der Waals surface area (Å²) in [4.78, 5) is 0. The van der Waals surface area contributed by atoms with E-state index < -0.39 is 0 Å². The molecule has 1 unspecified atom stereocenters. The van der Waals surface area contributed by atoms with Gasteiger partial charge in [0.1, 0.15) is 5.82 Å². The quantitative estimate of drug-likeness (QED) is 0.627. The summed E-state index contributed by atoms with van der Waals surface area (Å²) in [6.45, 7) is 3.41. The average Bonchev–Trinajstić information content (AvgIpc) is 1.96. The van der Waals surface area contributed by atoms with E-state index in [9.17, 15) is 4.39 Å². The Morgan fingerprint density at radius 1 is 1.42 bits per heavy atom. The molecule has 1 rings (SSSR count). The molecule has 0 heterocycles. The number of hydrogen-bond donors (Lipinski definition) is 2. The first-order valence-corrected chi connectivity index (χ1v) is 3.83. The Kier molecular flexibility index (Phi) is 2.33. The summed E-state index contributed by atoms with van der Waals surface area (Å²) in [5.41, 5.74) is 12.7. The molecular formula is C9H13FN2. The number of anilines is 1. The Hall–Kier alpha value is -1.09. The second-order valence-electron chi connectivity index (χ2n) is 3.03. The lowest BCUT2D eigenvalue weighted by atomic mass is 10.0. The first-order chi connectivity index (χ1) is 5.52. The van der Waals surface area contributed by atoms with Gasteiger partial charge in [0, 0.05) is 17.3 Å². The molecule has 0 aliphatic rings. The predicted octanol–water partition coefficient (Wildman–Crippen LogP) is 1.74. The van der Waals surface area contributed by atoms with E-state index in [1.807, 2.05) is 0 Å². The second-order valence-corrected chi connectivity index (χ2v) is 3.03. The van der Waals surface area contributed by atoms with Crippen LogP contribution in [0.1, 0.15) is 24.1 Å². The van der Waals surface area contributed by atoms with Crippen LogP contribution >= 0.6 is 0 Å². The summed E-state index contributed by atoms with van der Waals surface area (Å²) in [7, 11) is 0. The van der Waals surface area contributed by atoms with Gasteiger partial charge >= 0.3 is 0 Å². The maximum atomic E-state index is 13.3.